The number of para-hydroxylation sites is 1. The van der Waals surface area contributed by atoms with Gasteiger partial charge in [-0.15, -0.1) is 11.8 Å². The van der Waals surface area contributed by atoms with Gasteiger partial charge in [0, 0.05) is 39.9 Å². The van der Waals surface area contributed by atoms with E-state index in [9.17, 15) is 9.59 Å². The summed E-state index contributed by atoms with van der Waals surface area (Å²) in [4.78, 5) is 27.8. The third kappa shape index (κ3) is 9.13. The third-order valence-electron chi connectivity index (χ3n) is 8.22. The maximum absolute atomic E-state index is 14.1. The van der Waals surface area contributed by atoms with Crippen molar-refractivity contribution < 1.29 is 19.1 Å². The predicted molar refractivity (Wildman–Crippen MR) is 186 cm³/mol. The van der Waals surface area contributed by atoms with Crippen molar-refractivity contribution in [3.63, 3.8) is 0 Å². The second-order valence-corrected chi connectivity index (χ2v) is 12.9. The van der Waals surface area contributed by atoms with Crippen LogP contribution in [0.5, 0.6) is 0 Å². The fraction of sp³-hybridized carbons (Fsp3) is 0.297. The number of anilines is 1. The van der Waals surface area contributed by atoms with Crippen molar-refractivity contribution in [3.8, 4) is 0 Å². The zero-order valence-electron chi connectivity index (χ0n) is 26.0. The van der Waals surface area contributed by atoms with Crippen molar-refractivity contribution in [1.29, 1.82) is 0 Å². The summed E-state index contributed by atoms with van der Waals surface area (Å²) in [7, 11) is 1.30. The number of rotatable bonds is 12. The van der Waals surface area contributed by atoms with Gasteiger partial charge in [0.25, 0.3) is 0 Å². The number of hydrogen-bond acceptors (Lipinski definition) is 6. The van der Waals surface area contributed by atoms with Gasteiger partial charge >= 0.3 is 6.09 Å². The molecule has 0 spiro atoms. The summed E-state index contributed by atoms with van der Waals surface area (Å²) in [6.45, 7) is 2.92. The molecule has 0 aromatic heterocycles. The zero-order chi connectivity index (χ0) is 32.3. The minimum Gasteiger partial charge on any atom is -0.453 e. The van der Waals surface area contributed by atoms with Crippen molar-refractivity contribution in [3.05, 3.63) is 131 Å². The molecule has 3 N–H and O–H groups in total. The Bertz CT molecular complexity index is 1520. The van der Waals surface area contributed by atoms with Crippen LogP contribution in [0, 0.1) is 0 Å². The van der Waals surface area contributed by atoms with Crippen LogP contribution in [0.3, 0.4) is 0 Å². The fourth-order valence-corrected chi connectivity index (χ4v) is 6.87. The summed E-state index contributed by atoms with van der Waals surface area (Å²) in [5.41, 5.74) is 3.51. The van der Waals surface area contributed by atoms with E-state index in [1.807, 2.05) is 109 Å². The van der Waals surface area contributed by atoms with Gasteiger partial charge in [0.1, 0.15) is 6.04 Å². The van der Waals surface area contributed by atoms with E-state index in [1.54, 1.807) is 11.8 Å². The number of amides is 2. The number of aryl methyl sites for hydroxylation is 1. The molecule has 1 aliphatic heterocycles. The molecule has 1 fully saturated rings. The Balaban J connectivity index is 1.28. The average molecular weight is 658 g/mol. The lowest BCUT2D eigenvalue weighted by Crippen LogP contribution is -2.52. The molecule has 2 amide bonds. The van der Waals surface area contributed by atoms with Crippen LogP contribution in [0.15, 0.2) is 114 Å². The van der Waals surface area contributed by atoms with E-state index >= 15 is 0 Å². The summed E-state index contributed by atoms with van der Waals surface area (Å²) in [5, 5.41) is 10.3. The first-order valence-corrected chi connectivity index (χ1v) is 16.9. The number of alkyl carbamates (subject to hydrolysis) is 1. The summed E-state index contributed by atoms with van der Waals surface area (Å²) in [5.74, 6) is 0.0524. The van der Waals surface area contributed by atoms with Gasteiger partial charge in [-0.05, 0) is 66.8 Å². The van der Waals surface area contributed by atoms with E-state index < -0.39 is 18.1 Å². The lowest BCUT2D eigenvalue weighted by Gasteiger charge is -2.36. The largest absolute Gasteiger partial charge is 0.453 e. The van der Waals surface area contributed by atoms with Crippen LogP contribution in [0.25, 0.3) is 0 Å². The van der Waals surface area contributed by atoms with Crippen LogP contribution >= 0.6 is 23.4 Å². The van der Waals surface area contributed by atoms with E-state index in [4.69, 9.17) is 21.1 Å². The van der Waals surface area contributed by atoms with Gasteiger partial charge in [0.05, 0.1) is 19.3 Å². The number of ether oxygens (including phenoxy) is 2. The first-order valence-electron chi connectivity index (χ1n) is 15.5. The summed E-state index contributed by atoms with van der Waals surface area (Å²) < 4.78 is 11.5. The highest BCUT2D eigenvalue weighted by molar-refractivity contribution is 7.99. The molecule has 0 saturated carbocycles. The summed E-state index contributed by atoms with van der Waals surface area (Å²) >= 11 is 7.81. The van der Waals surface area contributed by atoms with Crippen LogP contribution in [0.2, 0.25) is 5.02 Å². The molecule has 7 nitrogen and oxygen atoms in total. The highest BCUT2D eigenvalue weighted by atomic mass is 35.5. The Morgan fingerprint density at radius 2 is 1.57 bits per heavy atom. The van der Waals surface area contributed by atoms with Gasteiger partial charge in [-0.2, -0.15) is 0 Å². The van der Waals surface area contributed by atoms with Crippen molar-refractivity contribution in [2.24, 2.45) is 0 Å². The third-order valence-corrected chi connectivity index (χ3v) is 9.58. The van der Waals surface area contributed by atoms with Gasteiger partial charge in [0.2, 0.25) is 5.91 Å². The average Bonchev–Trinajstić information content (AvgIpc) is 3.09. The lowest BCUT2D eigenvalue weighted by atomic mass is 9.84. The molecule has 1 aliphatic rings. The Hall–Kier alpha value is -3.82. The maximum atomic E-state index is 14.1. The normalized spacial score (nSPS) is 18.5. The van der Waals surface area contributed by atoms with Gasteiger partial charge < -0.3 is 25.4 Å². The Kier molecular flexibility index (Phi) is 12.1. The SMILES string of the molecule is COC(=O)N[C@H](C(=O)Nc1ccccc1CC[C@@H]1CN[C@H](C)[C@@H](CSc2ccc(Cl)cc2)O1)C(c1ccccc1)c1ccccc1. The van der Waals surface area contributed by atoms with E-state index in [2.05, 4.69) is 22.9 Å². The van der Waals surface area contributed by atoms with E-state index in [0.717, 1.165) is 45.3 Å². The van der Waals surface area contributed by atoms with Crippen molar-refractivity contribution in [1.82, 2.24) is 10.6 Å². The highest BCUT2D eigenvalue weighted by Crippen LogP contribution is 2.30. The van der Waals surface area contributed by atoms with Gasteiger partial charge in [0.15, 0.2) is 0 Å². The topological polar surface area (TPSA) is 88.7 Å². The maximum Gasteiger partial charge on any atom is 0.407 e. The molecule has 240 valence electrons. The minimum atomic E-state index is -0.934. The molecule has 0 aliphatic carbocycles. The zero-order valence-corrected chi connectivity index (χ0v) is 27.6. The van der Waals surface area contributed by atoms with Crippen molar-refractivity contribution >= 4 is 41.1 Å². The van der Waals surface area contributed by atoms with Crippen molar-refractivity contribution in [2.45, 2.75) is 54.9 Å². The highest BCUT2D eigenvalue weighted by Gasteiger charge is 2.33. The molecular formula is C37H40ClN3O4S. The second-order valence-electron chi connectivity index (χ2n) is 11.4. The molecule has 1 saturated heterocycles. The van der Waals surface area contributed by atoms with Crippen LogP contribution < -0.4 is 16.0 Å². The van der Waals surface area contributed by atoms with E-state index in [1.165, 1.54) is 7.11 Å². The Morgan fingerprint density at radius 3 is 2.22 bits per heavy atom. The number of thioether (sulfide) groups is 1. The van der Waals surface area contributed by atoms with Gasteiger partial charge in [-0.3, -0.25) is 4.79 Å². The van der Waals surface area contributed by atoms with Crippen LogP contribution in [0.1, 0.15) is 36.0 Å². The fourth-order valence-electron chi connectivity index (χ4n) is 5.70. The predicted octanol–water partition coefficient (Wildman–Crippen LogP) is 7.31. The Morgan fingerprint density at radius 1 is 0.935 bits per heavy atom. The van der Waals surface area contributed by atoms with E-state index in [0.29, 0.717) is 12.1 Å². The molecule has 5 rings (SSSR count). The smallest absolute Gasteiger partial charge is 0.407 e. The number of methoxy groups -OCH3 is 1. The van der Waals surface area contributed by atoms with E-state index in [-0.39, 0.29) is 24.2 Å². The van der Waals surface area contributed by atoms with Crippen LogP contribution in [-0.2, 0) is 20.7 Å². The van der Waals surface area contributed by atoms with Crippen LogP contribution in [-0.4, -0.2) is 55.7 Å². The quantitative estimate of drug-likeness (QED) is 0.139. The lowest BCUT2D eigenvalue weighted by molar-refractivity contribution is -0.118. The molecule has 1 heterocycles. The van der Waals surface area contributed by atoms with Crippen molar-refractivity contribution in [2.75, 3.05) is 24.7 Å². The Labute approximate surface area is 280 Å². The number of morpholine rings is 1. The molecule has 0 radical (unpaired) electrons. The number of hydrogen-bond donors (Lipinski definition) is 3. The molecular weight excluding hydrogens is 618 g/mol. The standard InChI is InChI=1S/C37H40ClN3O4S/c1-25-33(24-46-31-21-18-29(38)19-22-31)45-30(23-39-25)20-17-26-11-9-10-16-32(26)40-36(42)35(41-37(43)44-2)34(27-12-5-3-6-13-27)28-14-7-4-8-15-28/h3-16,18-19,21-22,25,30,33-35,39H,17,20,23-24H2,1-2H3,(H,40,42)(H,41,43)/t25-,30-,33-,35+/m1/s1. The number of carbonyl (C=O) groups is 2. The molecule has 4 atom stereocenters. The minimum absolute atomic E-state index is 0.0325. The first kappa shape index (κ1) is 33.5. The van der Waals surface area contributed by atoms with Gasteiger partial charge in [-0.25, -0.2) is 4.79 Å². The number of carbonyl (C=O) groups excluding carboxylic acids is 2. The van der Waals surface area contributed by atoms with Gasteiger partial charge in [-0.1, -0.05) is 90.5 Å². The first-order chi connectivity index (χ1) is 22.4. The number of benzene rings is 4. The summed E-state index contributed by atoms with van der Waals surface area (Å²) in [6.07, 6.45) is 0.919. The number of nitrogens with one attached hydrogen (secondary N) is 3. The monoisotopic (exact) mass is 657 g/mol. The molecule has 9 heteroatoms. The second kappa shape index (κ2) is 16.7. The molecule has 0 unspecified atom stereocenters. The molecule has 46 heavy (non-hydrogen) atoms. The van der Waals surface area contributed by atoms with Crippen LogP contribution in [0.4, 0.5) is 10.5 Å². The molecule has 0 bridgehead atoms. The molecule has 4 aromatic rings. The summed E-state index contributed by atoms with van der Waals surface area (Å²) in [6, 6.07) is 34.4. The number of halogens is 1. The molecule has 4 aromatic carbocycles.